The maximum absolute atomic E-state index is 9.65. The minimum Gasteiger partial charge on any atom is -0.508 e. The number of hydrogen-bond donors (Lipinski definition) is 1. The van der Waals surface area contributed by atoms with Crippen LogP contribution in [0.1, 0.15) is 30.9 Å². The van der Waals surface area contributed by atoms with Gasteiger partial charge in [-0.25, -0.2) is 0 Å². The van der Waals surface area contributed by atoms with E-state index < -0.39 is 0 Å². The van der Waals surface area contributed by atoms with E-state index in [1.807, 2.05) is 12.1 Å². The van der Waals surface area contributed by atoms with Crippen molar-refractivity contribution in [2.45, 2.75) is 26.7 Å². The van der Waals surface area contributed by atoms with Gasteiger partial charge in [-0.15, -0.1) is 0 Å². The van der Waals surface area contributed by atoms with Crippen LogP contribution >= 0.6 is 0 Å². The van der Waals surface area contributed by atoms with Crippen LogP contribution in [0, 0.1) is 6.92 Å². The molecule has 15 heavy (non-hydrogen) atoms. The van der Waals surface area contributed by atoms with Gasteiger partial charge < -0.3 is 5.11 Å². The van der Waals surface area contributed by atoms with Crippen molar-refractivity contribution >= 4 is 10.8 Å². The zero-order valence-corrected chi connectivity index (χ0v) is 9.41. The number of aromatic hydroxyl groups is 1. The second kappa shape index (κ2) is 3.58. The normalized spacial score (nSPS) is 11.2. The molecule has 0 aliphatic carbocycles. The van der Waals surface area contributed by atoms with Gasteiger partial charge in [0.05, 0.1) is 0 Å². The van der Waals surface area contributed by atoms with E-state index >= 15 is 0 Å². The molecular weight excluding hydrogens is 184 g/mol. The fourth-order valence-electron chi connectivity index (χ4n) is 1.98. The molecule has 78 valence electrons. The molecule has 1 N–H and O–H groups in total. The Balaban J connectivity index is 2.80. The quantitative estimate of drug-likeness (QED) is 0.738. The first kappa shape index (κ1) is 10.0. The Kier molecular flexibility index (Phi) is 2.39. The van der Waals surface area contributed by atoms with E-state index in [-0.39, 0.29) is 0 Å². The molecule has 1 nitrogen and oxygen atoms in total. The van der Waals surface area contributed by atoms with E-state index in [9.17, 15) is 5.11 Å². The van der Waals surface area contributed by atoms with Crippen LogP contribution in [0.3, 0.4) is 0 Å². The summed E-state index contributed by atoms with van der Waals surface area (Å²) < 4.78 is 0. The zero-order valence-electron chi connectivity index (χ0n) is 9.41. The first-order valence-corrected chi connectivity index (χ1v) is 5.31. The lowest BCUT2D eigenvalue weighted by Crippen LogP contribution is -1.89. The molecule has 0 unspecified atom stereocenters. The molecular formula is C14H16O. The van der Waals surface area contributed by atoms with Crippen molar-refractivity contribution < 1.29 is 5.11 Å². The van der Waals surface area contributed by atoms with Crippen molar-refractivity contribution in [1.82, 2.24) is 0 Å². The molecule has 0 saturated heterocycles. The van der Waals surface area contributed by atoms with Gasteiger partial charge in [-0.05, 0) is 41.3 Å². The van der Waals surface area contributed by atoms with E-state index in [0.717, 1.165) is 5.39 Å². The van der Waals surface area contributed by atoms with Crippen molar-refractivity contribution in [3.63, 3.8) is 0 Å². The third-order valence-corrected chi connectivity index (χ3v) is 2.75. The summed E-state index contributed by atoms with van der Waals surface area (Å²) in [7, 11) is 0. The van der Waals surface area contributed by atoms with Crippen molar-refractivity contribution in [2.75, 3.05) is 0 Å². The lowest BCUT2D eigenvalue weighted by molar-refractivity contribution is 0.475. The van der Waals surface area contributed by atoms with Crippen molar-refractivity contribution in [3.05, 3.63) is 41.5 Å². The van der Waals surface area contributed by atoms with Gasteiger partial charge in [0.25, 0.3) is 0 Å². The van der Waals surface area contributed by atoms with Gasteiger partial charge >= 0.3 is 0 Å². The maximum atomic E-state index is 9.65. The standard InChI is InChI=1S/C14H16O/c1-9(2)14-8-12(15)7-11-6-10(3)4-5-13(11)14/h4-9,15H,1-3H3. The number of fused-ring (bicyclic) bond motifs is 1. The lowest BCUT2D eigenvalue weighted by atomic mass is 9.95. The number of rotatable bonds is 1. The molecule has 0 saturated carbocycles. The fourth-order valence-corrected chi connectivity index (χ4v) is 1.98. The monoisotopic (exact) mass is 200 g/mol. The average molecular weight is 200 g/mol. The molecule has 0 aromatic heterocycles. The number of benzene rings is 2. The van der Waals surface area contributed by atoms with Crippen LogP contribution in [0.25, 0.3) is 10.8 Å². The number of aryl methyl sites for hydroxylation is 1. The topological polar surface area (TPSA) is 20.2 Å². The van der Waals surface area contributed by atoms with E-state index in [1.54, 1.807) is 0 Å². The van der Waals surface area contributed by atoms with Gasteiger partial charge in [-0.3, -0.25) is 0 Å². The molecule has 0 amide bonds. The largest absolute Gasteiger partial charge is 0.508 e. The Labute approximate surface area is 90.4 Å². The third kappa shape index (κ3) is 1.82. The van der Waals surface area contributed by atoms with Crippen LogP contribution in [-0.2, 0) is 0 Å². The Morgan fingerprint density at radius 3 is 2.47 bits per heavy atom. The predicted octanol–water partition coefficient (Wildman–Crippen LogP) is 3.98. The van der Waals surface area contributed by atoms with Gasteiger partial charge in [-0.2, -0.15) is 0 Å². The summed E-state index contributed by atoms with van der Waals surface area (Å²) >= 11 is 0. The number of hydrogen-bond acceptors (Lipinski definition) is 1. The van der Waals surface area contributed by atoms with E-state index in [2.05, 4.69) is 39.0 Å². The molecule has 0 atom stereocenters. The van der Waals surface area contributed by atoms with Crippen LogP contribution in [0.15, 0.2) is 30.3 Å². The minimum absolute atomic E-state index is 0.358. The second-order valence-corrected chi connectivity index (χ2v) is 4.41. The highest BCUT2D eigenvalue weighted by atomic mass is 16.3. The van der Waals surface area contributed by atoms with Gasteiger partial charge in [-0.1, -0.05) is 37.6 Å². The highest BCUT2D eigenvalue weighted by Gasteiger charge is 2.07. The van der Waals surface area contributed by atoms with Gasteiger partial charge in [0.1, 0.15) is 5.75 Å². The van der Waals surface area contributed by atoms with Crippen molar-refractivity contribution in [2.24, 2.45) is 0 Å². The molecule has 0 spiro atoms. The third-order valence-electron chi connectivity index (χ3n) is 2.75. The fraction of sp³-hybridized carbons (Fsp3) is 0.286. The molecule has 2 rings (SSSR count). The zero-order chi connectivity index (χ0) is 11.0. The highest BCUT2D eigenvalue weighted by molar-refractivity contribution is 5.88. The summed E-state index contributed by atoms with van der Waals surface area (Å²) in [6, 6.07) is 10.1. The molecule has 0 fully saturated rings. The van der Waals surface area contributed by atoms with Crippen molar-refractivity contribution in [1.29, 1.82) is 0 Å². The summed E-state index contributed by atoms with van der Waals surface area (Å²) in [6.07, 6.45) is 0. The molecule has 1 heteroatoms. The van der Waals surface area contributed by atoms with Gasteiger partial charge in [0.15, 0.2) is 0 Å². The first-order chi connectivity index (χ1) is 7.08. The molecule has 0 radical (unpaired) electrons. The van der Waals surface area contributed by atoms with Crippen LogP contribution in [0.2, 0.25) is 0 Å². The maximum Gasteiger partial charge on any atom is 0.116 e. The summed E-state index contributed by atoms with van der Waals surface area (Å²) in [6.45, 7) is 6.36. The first-order valence-electron chi connectivity index (χ1n) is 5.31. The molecule has 0 aliphatic heterocycles. The van der Waals surface area contributed by atoms with Gasteiger partial charge in [0, 0.05) is 0 Å². The smallest absolute Gasteiger partial charge is 0.116 e. The minimum atomic E-state index is 0.358. The Morgan fingerprint density at radius 2 is 1.80 bits per heavy atom. The lowest BCUT2D eigenvalue weighted by Gasteiger charge is -2.11. The van der Waals surface area contributed by atoms with Crippen LogP contribution in [0.4, 0.5) is 0 Å². The number of phenolic OH excluding ortho intramolecular Hbond substituents is 1. The molecule has 0 aliphatic rings. The highest BCUT2D eigenvalue weighted by Crippen LogP contribution is 2.30. The molecule has 2 aromatic rings. The molecule has 0 heterocycles. The summed E-state index contributed by atoms with van der Waals surface area (Å²) in [5.41, 5.74) is 2.44. The molecule has 2 aromatic carbocycles. The number of phenols is 1. The molecule has 0 bridgehead atoms. The van der Waals surface area contributed by atoms with E-state index in [0.29, 0.717) is 11.7 Å². The Bertz CT molecular complexity index is 493. The summed E-state index contributed by atoms with van der Waals surface area (Å²) in [5, 5.41) is 12.0. The van der Waals surface area contributed by atoms with Gasteiger partial charge in [0.2, 0.25) is 0 Å². The van der Waals surface area contributed by atoms with E-state index in [4.69, 9.17) is 0 Å². The Morgan fingerprint density at radius 1 is 1.07 bits per heavy atom. The van der Waals surface area contributed by atoms with Crippen LogP contribution < -0.4 is 0 Å². The Hall–Kier alpha value is -1.50. The van der Waals surface area contributed by atoms with Crippen LogP contribution in [-0.4, -0.2) is 5.11 Å². The summed E-state index contributed by atoms with van der Waals surface area (Å²) in [5.74, 6) is 0.791. The second-order valence-electron chi connectivity index (χ2n) is 4.41. The van der Waals surface area contributed by atoms with Crippen LogP contribution in [0.5, 0.6) is 5.75 Å². The van der Waals surface area contributed by atoms with E-state index in [1.165, 1.54) is 16.5 Å². The van der Waals surface area contributed by atoms with Crippen molar-refractivity contribution in [3.8, 4) is 5.75 Å². The average Bonchev–Trinajstić information content (AvgIpc) is 2.15. The SMILES string of the molecule is Cc1ccc2c(C(C)C)cc(O)cc2c1. The summed E-state index contributed by atoms with van der Waals surface area (Å²) in [4.78, 5) is 0. The predicted molar refractivity (Wildman–Crippen MR) is 64.4 cm³/mol.